The normalized spacial score (nSPS) is 15.2. The highest BCUT2D eigenvalue weighted by Gasteiger charge is 1.95. The predicted molar refractivity (Wildman–Crippen MR) is 63.6 cm³/mol. The standard InChI is InChI=1S/C11H9I/c1-2-4-10(5-3-1)11-6-8-12-9-7-11/h1-9H. The van der Waals surface area contributed by atoms with Crippen molar-refractivity contribution in [3.05, 3.63) is 52.1 Å². The van der Waals surface area contributed by atoms with Gasteiger partial charge in [0.25, 0.3) is 0 Å². The molecule has 0 amide bonds. The molecule has 0 unspecified atom stereocenters. The average molecular weight is 268 g/mol. The summed E-state index contributed by atoms with van der Waals surface area (Å²) in [4.78, 5) is 0. The minimum atomic E-state index is 0.214. The van der Waals surface area contributed by atoms with Crippen LogP contribution in [0.3, 0.4) is 0 Å². The van der Waals surface area contributed by atoms with Crippen LogP contribution in [0.25, 0.3) is 5.57 Å². The topological polar surface area (TPSA) is 0 Å². The van der Waals surface area contributed by atoms with Gasteiger partial charge in [-0.1, -0.05) is 51.1 Å². The van der Waals surface area contributed by atoms with Gasteiger partial charge >= 0.3 is 0 Å². The first-order chi connectivity index (χ1) is 5.97. The van der Waals surface area contributed by atoms with E-state index < -0.39 is 0 Å². The third-order valence-corrected chi connectivity index (χ3v) is 3.29. The largest absolute Gasteiger partial charge is 0.0937 e. The van der Waals surface area contributed by atoms with E-state index in [1.807, 2.05) is 6.07 Å². The van der Waals surface area contributed by atoms with Crippen LogP contribution in [0.15, 0.2) is 46.6 Å². The molecule has 12 heavy (non-hydrogen) atoms. The summed E-state index contributed by atoms with van der Waals surface area (Å²) in [5.41, 5.74) is 2.65. The van der Waals surface area contributed by atoms with E-state index in [1.54, 1.807) is 0 Å². The van der Waals surface area contributed by atoms with Crippen LogP contribution in [0.1, 0.15) is 5.56 Å². The Morgan fingerprint density at radius 2 is 1.83 bits per heavy atom. The smallest absolute Gasteiger partial charge is 0.0175 e. The van der Waals surface area contributed by atoms with Gasteiger partial charge in [0.2, 0.25) is 0 Å². The van der Waals surface area contributed by atoms with Crippen LogP contribution >= 0.6 is 20.7 Å². The van der Waals surface area contributed by atoms with Gasteiger partial charge in [-0.25, -0.2) is 0 Å². The molecule has 1 heteroatoms. The van der Waals surface area contributed by atoms with Crippen LogP contribution in [0.4, 0.5) is 0 Å². The monoisotopic (exact) mass is 268 g/mol. The summed E-state index contributed by atoms with van der Waals surface area (Å²) in [5.74, 6) is 0. The third-order valence-electron chi connectivity index (χ3n) is 1.74. The first-order valence-corrected chi connectivity index (χ1v) is 6.33. The minimum absolute atomic E-state index is 0.214. The van der Waals surface area contributed by atoms with Gasteiger partial charge in [-0.3, -0.25) is 0 Å². The molecule has 0 fully saturated rings. The Balaban J connectivity index is 2.38. The second kappa shape index (κ2) is 3.81. The van der Waals surface area contributed by atoms with Gasteiger partial charge in [-0.2, -0.15) is 0 Å². The molecule has 1 aromatic carbocycles. The molecule has 0 bridgehead atoms. The van der Waals surface area contributed by atoms with Crippen molar-refractivity contribution in [2.45, 2.75) is 0 Å². The highest BCUT2D eigenvalue weighted by atomic mass is 127. The van der Waals surface area contributed by atoms with E-state index in [0.717, 1.165) is 0 Å². The summed E-state index contributed by atoms with van der Waals surface area (Å²) < 4.78 is 4.59. The van der Waals surface area contributed by atoms with Gasteiger partial charge in [0.15, 0.2) is 0 Å². The zero-order valence-electron chi connectivity index (χ0n) is 6.57. The Kier molecular flexibility index (Phi) is 2.51. The van der Waals surface area contributed by atoms with Gasteiger partial charge in [0, 0.05) is 0 Å². The Hall–Kier alpha value is -0.700. The highest BCUT2D eigenvalue weighted by molar-refractivity contribution is 14.2. The lowest BCUT2D eigenvalue weighted by atomic mass is 10.1. The van der Waals surface area contributed by atoms with Crippen LogP contribution in [0.2, 0.25) is 0 Å². The molecule has 1 aromatic rings. The Morgan fingerprint density at radius 3 is 2.50 bits per heavy atom. The average Bonchev–Trinajstić information content (AvgIpc) is 2.21. The van der Waals surface area contributed by atoms with Crippen molar-refractivity contribution in [1.29, 1.82) is 0 Å². The molecule has 0 aromatic heterocycles. The Morgan fingerprint density at radius 1 is 1.00 bits per heavy atom. The second-order valence-corrected chi connectivity index (χ2v) is 4.69. The van der Waals surface area contributed by atoms with Gasteiger partial charge < -0.3 is 0 Å². The number of allylic oxidation sites excluding steroid dienone is 3. The molecule has 0 saturated heterocycles. The molecule has 1 heterocycles. The molecule has 0 saturated carbocycles. The molecule has 0 radical (unpaired) electrons. The molecule has 60 valence electrons. The van der Waals surface area contributed by atoms with Gasteiger partial charge in [0.1, 0.15) is 0 Å². The van der Waals surface area contributed by atoms with E-state index in [4.69, 9.17) is 0 Å². The minimum Gasteiger partial charge on any atom is -0.0937 e. The SMILES string of the molecule is C1=CC(c2ccccc2)=CC=I1. The molecular formula is C11H9I. The summed E-state index contributed by atoms with van der Waals surface area (Å²) in [6, 6.07) is 10.5. The van der Waals surface area contributed by atoms with Crippen LogP contribution < -0.4 is 0 Å². The second-order valence-electron chi connectivity index (χ2n) is 2.53. The molecule has 0 N–H and O–H groups in total. The fourth-order valence-electron chi connectivity index (χ4n) is 1.13. The van der Waals surface area contributed by atoms with E-state index in [-0.39, 0.29) is 20.7 Å². The van der Waals surface area contributed by atoms with Crippen molar-refractivity contribution < 1.29 is 0 Å². The predicted octanol–water partition coefficient (Wildman–Crippen LogP) is 3.37. The maximum atomic E-state index is 2.29. The van der Waals surface area contributed by atoms with Crippen molar-refractivity contribution >= 4 is 30.3 Å². The molecular weight excluding hydrogens is 259 g/mol. The van der Waals surface area contributed by atoms with Crippen LogP contribution in [-0.2, 0) is 0 Å². The zero-order valence-corrected chi connectivity index (χ0v) is 8.73. The van der Waals surface area contributed by atoms with E-state index in [1.165, 1.54) is 11.1 Å². The Labute approximate surface area is 82.4 Å². The molecule has 2 rings (SSSR count). The summed E-state index contributed by atoms with van der Waals surface area (Å²) in [7, 11) is 0. The van der Waals surface area contributed by atoms with E-state index in [9.17, 15) is 0 Å². The van der Waals surface area contributed by atoms with Gasteiger partial charge in [0.05, 0.1) is 0 Å². The molecule has 1 aliphatic heterocycles. The number of hydrogen-bond acceptors (Lipinski definition) is 0. The lowest BCUT2D eigenvalue weighted by molar-refractivity contribution is 1.63. The van der Waals surface area contributed by atoms with E-state index in [0.29, 0.717) is 0 Å². The van der Waals surface area contributed by atoms with Crippen LogP contribution in [0, 0.1) is 0 Å². The van der Waals surface area contributed by atoms with Crippen molar-refractivity contribution in [2.75, 3.05) is 0 Å². The fraction of sp³-hybridized carbons (Fsp3) is 0. The van der Waals surface area contributed by atoms with Crippen molar-refractivity contribution in [3.63, 3.8) is 0 Å². The fourth-order valence-corrected chi connectivity index (χ4v) is 2.56. The lowest BCUT2D eigenvalue weighted by Crippen LogP contribution is -1.81. The van der Waals surface area contributed by atoms with Gasteiger partial charge in [-0.05, 0) is 31.4 Å². The molecule has 0 nitrogen and oxygen atoms in total. The molecule has 0 aliphatic carbocycles. The van der Waals surface area contributed by atoms with E-state index >= 15 is 0 Å². The van der Waals surface area contributed by atoms with Gasteiger partial charge in [-0.15, -0.1) is 0 Å². The first-order valence-electron chi connectivity index (χ1n) is 3.84. The van der Waals surface area contributed by atoms with Crippen LogP contribution in [0.5, 0.6) is 0 Å². The van der Waals surface area contributed by atoms with E-state index in [2.05, 4.69) is 44.5 Å². The van der Waals surface area contributed by atoms with Crippen LogP contribution in [-0.4, -0.2) is 4.01 Å². The van der Waals surface area contributed by atoms with Crippen molar-refractivity contribution in [2.24, 2.45) is 0 Å². The van der Waals surface area contributed by atoms with Crippen molar-refractivity contribution in [1.82, 2.24) is 0 Å². The number of rotatable bonds is 1. The quantitative estimate of drug-likeness (QED) is 0.685. The summed E-state index contributed by atoms with van der Waals surface area (Å²) in [6.07, 6.45) is 4.45. The summed E-state index contributed by atoms with van der Waals surface area (Å²) in [6.45, 7) is 0. The first kappa shape index (κ1) is 7.92. The summed E-state index contributed by atoms with van der Waals surface area (Å²) in [5, 5.41) is 0. The zero-order chi connectivity index (χ0) is 8.23. The molecule has 0 spiro atoms. The lowest BCUT2D eigenvalue weighted by Gasteiger charge is -2.02. The molecule has 0 atom stereocenters. The number of halogens is 1. The molecule has 1 aliphatic rings. The number of hydrogen-bond donors (Lipinski definition) is 0. The highest BCUT2D eigenvalue weighted by Crippen LogP contribution is 2.19. The maximum absolute atomic E-state index is 2.29. The number of benzene rings is 1. The maximum Gasteiger partial charge on any atom is -0.0175 e. The van der Waals surface area contributed by atoms with Crippen molar-refractivity contribution in [3.8, 4) is 0 Å². The third kappa shape index (κ3) is 1.72. The Bertz CT molecular complexity index is 345. The summed E-state index contributed by atoms with van der Waals surface area (Å²) >= 11 is 0.214.